The minimum atomic E-state index is -0.201. The molecule has 5 heteroatoms. The smallest absolute Gasteiger partial charge is 0.191 e. The molecule has 1 aliphatic rings. The lowest BCUT2D eigenvalue weighted by molar-refractivity contribution is 0.136. The van der Waals surface area contributed by atoms with Gasteiger partial charge in [-0.3, -0.25) is 4.99 Å². The van der Waals surface area contributed by atoms with Crippen molar-refractivity contribution < 1.29 is 5.11 Å². The maximum absolute atomic E-state index is 9.90. The summed E-state index contributed by atoms with van der Waals surface area (Å²) >= 11 is 6.25. The Bertz CT molecular complexity index is 506. The number of rotatable bonds is 5. The maximum Gasteiger partial charge on any atom is 0.191 e. The summed E-state index contributed by atoms with van der Waals surface area (Å²) in [5.74, 6) is 1.06. The molecule has 0 bridgehead atoms. The molecule has 122 valence electrons. The predicted octanol–water partition coefficient (Wildman–Crippen LogP) is 3.12. The predicted molar refractivity (Wildman–Crippen MR) is 92.3 cm³/mol. The minimum absolute atomic E-state index is 0.0694. The third kappa shape index (κ3) is 4.62. The molecule has 3 N–H and O–H groups in total. The van der Waals surface area contributed by atoms with E-state index in [1.807, 2.05) is 31.2 Å². The number of hydrogen-bond donors (Lipinski definition) is 3. The zero-order valence-corrected chi connectivity index (χ0v) is 14.1. The van der Waals surface area contributed by atoms with Crippen LogP contribution in [0.2, 0.25) is 5.02 Å². The summed E-state index contributed by atoms with van der Waals surface area (Å²) in [6, 6.07) is 7.90. The number of benzene rings is 1. The van der Waals surface area contributed by atoms with E-state index in [0.29, 0.717) is 6.54 Å². The number of aliphatic imine (C=N–C) groups is 1. The van der Waals surface area contributed by atoms with E-state index < -0.39 is 0 Å². The lowest BCUT2D eigenvalue weighted by Gasteiger charge is -2.20. The van der Waals surface area contributed by atoms with E-state index in [0.717, 1.165) is 42.4 Å². The van der Waals surface area contributed by atoms with E-state index >= 15 is 0 Å². The van der Waals surface area contributed by atoms with Crippen LogP contribution in [-0.4, -0.2) is 30.3 Å². The number of aliphatic hydroxyl groups excluding tert-OH is 1. The van der Waals surface area contributed by atoms with E-state index in [1.165, 1.54) is 0 Å². The van der Waals surface area contributed by atoms with Gasteiger partial charge >= 0.3 is 0 Å². The molecule has 1 aromatic carbocycles. The molecule has 0 spiro atoms. The summed E-state index contributed by atoms with van der Waals surface area (Å²) in [7, 11) is 0. The summed E-state index contributed by atoms with van der Waals surface area (Å²) < 4.78 is 0. The molecule has 3 unspecified atom stereocenters. The Labute approximate surface area is 138 Å². The van der Waals surface area contributed by atoms with E-state index in [9.17, 15) is 5.11 Å². The third-order valence-electron chi connectivity index (χ3n) is 4.17. The molecule has 22 heavy (non-hydrogen) atoms. The van der Waals surface area contributed by atoms with Gasteiger partial charge in [-0.25, -0.2) is 0 Å². The van der Waals surface area contributed by atoms with Crippen LogP contribution in [0.5, 0.6) is 0 Å². The van der Waals surface area contributed by atoms with Crippen LogP contribution >= 0.6 is 11.6 Å². The number of halogens is 1. The molecule has 2 rings (SSSR count). The zero-order chi connectivity index (χ0) is 15.9. The fourth-order valence-corrected chi connectivity index (χ4v) is 3.17. The third-order valence-corrected chi connectivity index (χ3v) is 4.52. The molecular weight excluding hydrogens is 298 g/mol. The highest BCUT2D eigenvalue weighted by atomic mass is 35.5. The number of nitrogens with one attached hydrogen (secondary N) is 2. The van der Waals surface area contributed by atoms with Crippen molar-refractivity contribution in [3.05, 3.63) is 34.9 Å². The molecule has 1 fully saturated rings. The number of aliphatic hydroxyl groups is 1. The van der Waals surface area contributed by atoms with Crippen molar-refractivity contribution in [2.45, 2.75) is 45.3 Å². The van der Waals surface area contributed by atoms with Gasteiger partial charge < -0.3 is 15.7 Å². The van der Waals surface area contributed by atoms with Gasteiger partial charge in [-0.15, -0.1) is 0 Å². The Morgan fingerprint density at radius 3 is 2.82 bits per heavy atom. The van der Waals surface area contributed by atoms with Gasteiger partial charge in [-0.1, -0.05) is 36.2 Å². The number of nitrogens with zero attached hydrogens (tertiary/aromatic N) is 1. The zero-order valence-electron chi connectivity index (χ0n) is 13.3. The molecule has 3 atom stereocenters. The molecule has 0 heterocycles. The first-order valence-electron chi connectivity index (χ1n) is 8.09. The first-order chi connectivity index (χ1) is 10.6. The topological polar surface area (TPSA) is 56.7 Å². The first-order valence-corrected chi connectivity index (χ1v) is 8.47. The Morgan fingerprint density at radius 1 is 1.41 bits per heavy atom. The van der Waals surface area contributed by atoms with Gasteiger partial charge in [-0.05, 0) is 38.3 Å². The minimum Gasteiger partial charge on any atom is -0.393 e. The van der Waals surface area contributed by atoms with Crippen LogP contribution in [0.1, 0.15) is 44.7 Å². The number of hydrogen-bond acceptors (Lipinski definition) is 2. The van der Waals surface area contributed by atoms with Gasteiger partial charge in [-0.2, -0.15) is 0 Å². The number of guanidine groups is 1. The van der Waals surface area contributed by atoms with Gasteiger partial charge in [0, 0.05) is 24.0 Å². The molecular formula is C17H26ClN3O. The highest BCUT2D eigenvalue weighted by Gasteiger charge is 2.24. The maximum atomic E-state index is 9.90. The highest BCUT2D eigenvalue weighted by Crippen LogP contribution is 2.26. The average molecular weight is 324 g/mol. The molecule has 0 amide bonds. The Kier molecular flexibility index (Phi) is 6.52. The van der Waals surface area contributed by atoms with Crippen LogP contribution in [-0.2, 0) is 0 Å². The van der Waals surface area contributed by atoms with Gasteiger partial charge in [0.1, 0.15) is 0 Å². The lowest BCUT2D eigenvalue weighted by atomic mass is 10.1. The van der Waals surface area contributed by atoms with E-state index in [2.05, 4.69) is 22.5 Å². The van der Waals surface area contributed by atoms with Crippen molar-refractivity contribution in [2.75, 3.05) is 13.1 Å². The Morgan fingerprint density at radius 2 is 2.18 bits per heavy atom. The highest BCUT2D eigenvalue weighted by molar-refractivity contribution is 6.31. The summed E-state index contributed by atoms with van der Waals surface area (Å²) in [5, 5.41) is 17.3. The lowest BCUT2D eigenvalue weighted by Crippen LogP contribution is -2.39. The molecule has 0 aromatic heterocycles. The molecule has 1 aliphatic carbocycles. The second kappa shape index (κ2) is 8.39. The second-order valence-corrected chi connectivity index (χ2v) is 6.27. The van der Waals surface area contributed by atoms with Crippen LogP contribution in [0.3, 0.4) is 0 Å². The summed E-state index contributed by atoms with van der Waals surface area (Å²) in [4.78, 5) is 4.63. The van der Waals surface area contributed by atoms with Crippen molar-refractivity contribution in [3.8, 4) is 0 Å². The molecule has 0 radical (unpaired) electrons. The standard InChI is InChI=1S/C17H26ClN3O/c1-3-19-17(20-11-13-7-6-10-16(13)22)21-12(2)14-8-4-5-9-15(14)18/h4-5,8-9,12-13,16,22H,3,6-7,10-11H2,1-2H3,(H2,19,20,21). The normalized spacial score (nSPS) is 23.4. The average Bonchev–Trinajstić information content (AvgIpc) is 2.90. The summed E-state index contributed by atoms with van der Waals surface area (Å²) in [5.41, 5.74) is 1.05. The molecule has 0 aliphatic heterocycles. The SMILES string of the molecule is CCNC(=NCC1CCCC1O)NC(C)c1ccccc1Cl. The van der Waals surface area contributed by atoms with Crippen LogP contribution in [0.25, 0.3) is 0 Å². The van der Waals surface area contributed by atoms with Crippen LogP contribution in [0.4, 0.5) is 0 Å². The van der Waals surface area contributed by atoms with Gasteiger partial charge in [0.25, 0.3) is 0 Å². The van der Waals surface area contributed by atoms with Crippen LogP contribution < -0.4 is 10.6 Å². The van der Waals surface area contributed by atoms with Crippen LogP contribution in [0, 0.1) is 5.92 Å². The fraction of sp³-hybridized carbons (Fsp3) is 0.588. The van der Waals surface area contributed by atoms with Crippen molar-refractivity contribution >= 4 is 17.6 Å². The van der Waals surface area contributed by atoms with Gasteiger partial charge in [0.05, 0.1) is 12.1 Å². The fourth-order valence-electron chi connectivity index (χ4n) is 2.87. The van der Waals surface area contributed by atoms with Crippen molar-refractivity contribution in [1.29, 1.82) is 0 Å². The largest absolute Gasteiger partial charge is 0.393 e. The molecule has 1 saturated carbocycles. The summed E-state index contributed by atoms with van der Waals surface area (Å²) in [6.07, 6.45) is 2.86. The quantitative estimate of drug-likeness (QED) is 0.576. The van der Waals surface area contributed by atoms with Gasteiger partial charge in [0.2, 0.25) is 0 Å². The van der Waals surface area contributed by atoms with Crippen molar-refractivity contribution in [1.82, 2.24) is 10.6 Å². The van der Waals surface area contributed by atoms with Crippen molar-refractivity contribution in [3.63, 3.8) is 0 Å². The van der Waals surface area contributed by atoms with Gasteiger partial charge in [0.15, 0.2) is 5.96 Å². The first kappa shape index (κ1) is 17.1. The van der Waals surface area contributed by atoms with E-state index in [1.54, 1.807) is 0 Å². The Hall–Kier alpha value is -1.26. The monoisotopic (exact) mass is 323 g/mol. The molecule has 4 nitrogen and oxygen atoms in total. The summed E-state index contributed by atoms with van der Waals surface area (Å²) in [6.45, 7) is 5.57. The Balaban J connectivity index is 2.00. The van der Waals surface area contributed by atoms with Crippen LogP contribution in [0.15, 0.2) is 29.3 Å². The molecule has 1 aromatic rings. The molecule has 0 saturated heterocycles. The van der Waals surface area contributed by atoms with E-state index in [-0.39, 0.29) is 18.1 Å². The van der Waals surface area contributed by atoms with E-state index in [4.69, 9.17) is 11.6 Å². The van der Waals surface area contributed by atoms with Crippen molar-refractivity contribution in [2.24, 2.45) is 10.9 Å². The second-order valence-electron chi connectivity index (χ2n) is 5.87.